The highest BCUT2D eigenvalue weighted by molar-refractivity contribution is 4.97. The number of allylic oxidation sites excluding steroid dienone is 2. The zero-order valence-electron chi connectivity index (χ0n) is 7.81. The third kappa shape index (κ3) is 5.92. The Labute approximate surface area is 69.6 Å². The third-order valence-electron chi connectivity index (χ3n) is 1.49. The SMILES string of the molecule is CC/C=C(\CC)NCCOC. The Morgan fingerprint density at radius 1 is 1.45 bits per heavy atom. The van der Waals surface area contributed by atoms with Gasteiger partial charge < -0.3 is 10.1 Å². The van der Waals surface area contributed by atoms with Crippen LogP contribution in [-0.4, -0.2) is 20.3 Å². The second-order valence-corrected chi connectivity index (χ2v) is 2.41. The molecule has 0 unspecified atom stereocenters. The van der Waals surface area contributed by atoms with Gasteiger partial charge in [-0.05, 0) is 12.8 Å². The Morgan fingerprint density at radius 3 is 2.64 bits per heavy atom. The van der Waals surface area contributed by atoms with Gasteiger partial charge in [-0.2, -0.15) is 0 Å². The van der Waals surface area contributed by atoms with Crippen molar-refractivity contribution >= 4 is 0 Å². The molecule has 0 saturated carbocycles. The molecule has 0 atom stereocenters. The Hall–Kier alpha value is -0.500. The van der Waals surface area contributed by atoms with Gasteiger partial charge in [0, 0.05) is 19.4 Å². The quantitative estimate of drug-likeness (QED) is 0.595. The smallest absolute Gasteiger partial charge is 0.0635 e. The van der Waals surface area contributed by atoms with Gasteiger partial charge in [0.1, 0.15) is 0 Å². The summed E-state index contributed by atoms with van der Waals surface area (Å²) in [5.74, 6) is 0. The molecule has 0 aromatic rings. The van der Waals surface area contributed by atoms with Crippen LogP contribution in [0.5, 0.6) is 0 Å². The zero-order valence-corrected chi connectivity index (χ0v) is 7.81. The first-order chi connectivity index (χ1) is 5.35. The zero-order chi connectivity index (χ0) is 8.53. The fourth-order valence-corrected chi connectivity index (χ4v) is 0.902. The minimum absolute atomic E-state index is 0.779. The number of hydrogen-bond donors (Lipinski definition) is 1. The maximum absolute atomic E-state index is 4.93. The van der Waals surface area contributed by atoms with E-state index in [9.17, 15) is 0 Å². The van der Waals surface area contributed by atoms with Gasteiger partial charge in [0.25, 0.3) is 0 Å². The van der Waals surface area contributed by atoms with Crippen molar-refractivity contribution in [2.45, 2.75) is 26.7 Å². The van der Waals surface area contributed by atoms with Crippen molar-refractivity contribution in [3.8, 4) is 0 Å². The molecule has 0 bridgehead atoms. The highest BCUT2D eigenvalue weighted by Crippen LogP contribution is 1.96. The molecule has 0 heterocycles. The predicted molar refractivity (Wildman–Crippen MR) is 48.5 cm³/mol. The molecule has 0 aliphatic rings. The summed E-state index contributed by atoms with van der Waals surface area (Å²) in [6.07, 6.45) is 4.40. The van der Waals surface area contributed by atoms with Crippen LogP contribution < -0.4 is 5.32 Å². The van der Waals surface area contributed by atoms with Gasteiger partial charge in [0.2, 0.25) is 0 Å². The van der Waals surface area contributed by atoms with Crippen molar-refractivity contribution in [3.05, 3.63) is 11.8 Å². The summed E-state index contributed by atoms with van der Waals surface area (Å²) in [5, 5.41) is 3.31. The van der Waals surface area contributed by atoms with E-state index >= 15 is 0 Å². The molecule has 2 nitrogen and oxygen atoms in total. The standard InChI is InChI=1S/C9H19NO/c1-4-6-9(5-2)10-7-8-11-3/h6,10H,4-5,7-8H2,1-3H3/b9-6+. The average Bonchev–Trinajstić information content (AvgIpc) is 2.03. The summed E-state index contributed by atoms with van der Waals surface area (Å²) in [5.41, 5.74) is 1.32. The lowest BCUT2D eigenvalue weighted by molar-refractivity contribution is 0.201. The second kappa shape index (κ2) is 7.61. The summed E-state index contributed by atoms with van der Waals surface area (Å²) in [6.45, 7) is 5.99. The summed E-state index contributed by atoms with van der Waals surface area (Å²) >= 11 is 0. The van der Waals surface area contributed by atoms with Crippen LogP contribution >= 0.6 is 0 Å². The largest absolute Gasteiger partial charge is 0.386 e. The molecule has 66 valence electrons. The van der Waals surface area contributed by atoms with Crippen molar-refractivity contribution in [3.63, 3.8) is 0 Å². The van der Waals surface area contributed by atoms with Crippen LogP contribution in [0.4, 0.5) is 0 Å². The molecule has 0 rings (SSSR count). The number of hydrogen-bond acceptors (Lipinski definition) is 2. The summed E-state index contributed by atoms with van der Waals surface area (Å²) in [4.78, 5) is 0. The second-order valence-electron chi connectivity index (χ2n) is 2.41. The maximum atomic E-state index is 4.93. The number of nitrogens with one attached hydrogen (secondary N) is 1. The summed E-state index contributed by atoms with van der Waals surface area (Å²) < 4.78 is 4.93. The van der Waals surface area contributed by atoms with Crippen LogP contribution in [0.25, 0.3) is 0 Å². The van der Waals surface area contributed by atoms with Gasteiger partial charge in [-0.1, -0.05) is 19.9 Å². The van der Waals surface area contributed by atoms with Crippen molar-refractivity contribution in [1.82, 2.24) is 5.32 Å². The van der Waals surface area contributed by atoms with Gasteiger partial charge in [-0.15, -0.1) is 0 Å². The molecule has 0 saturated heterocycles. The fourth-order valence-electron chi connectivity index (χ4n) is 0.902. The highest BCUT2D eigenvalue weighted by Gasteiger charge is 1.89. The molecule has 11 heavy (non-hydrogen) atoms. The van der Waals surface area contributed by atoms with E-state index in [-0.39, 0.29) is 0 Å². The minimum atomic E-state index is 0.779. The molecule has 0 aromatic heterocycles. The molecule has 0 radical (unpaired) electrons. The fraction of sp³-hybridized carbons (Fsp3) is 0.778. The minimum Gasteiger partial charge on any atom is -0.386 e. The molecule has 0 spiro atoms. The Balaban J connectivity index is 3.44. The van der Waals surface area contributed by atoms with Crippen molar-refractivity contribution < 1.29 is 4.74 Å². The van der Waals surface area contributed by atoms with E-state index in [1.54, 1.807) is 7.11 Å². The van der Waals surface area contributed by atoms with Crippen LogP contribution in [0.3, 0.4) is 0 Å². The van der Waals surface area contributed by atoms with E-state index in [1.165, 1.54) is 5.70 Å². The molecule has 0 aliphatic carbocycles. The maximum Gasteiger partial charge on any atom is 0.0635 e. The van der Waals surface area contributed by atoms with E-state index in [1.807, 2.05) is 0 Å². The van der Waals surface area contributed by atoms with Crippen LogP contribution in [0.2, 0.25) is 0 Å². The molecule has 2 heteroatoms. The average molecular weight is 157 g/mol. The Morgan fingerprint density at radius 2 is 2.18 bits per heavy atom. The number of methoxy groups -OCH3 is 1. The number of rotatable bonds is 6. The van der Waals surface area contributed by atoms with Gasteiger partial charge in [0.15, 0.2) is 0 Å². The van der Waals surface area contributed by atoms with Crippen molar-refractivity contribution in [2.75, 3.05) is 20.3 Å². The van der Waals surface area contributed by atoms with Crippen LogP contribution in [0.1, 0.15) is 26.7 Å². The normalized spacial score (nSPS) is 11.7. The molecular formula is C9H19NO. The summed E-state index contributed by atoms with van der Waals surface area (Å²) in [6, 6.07) is 0. The lowest BCUT2D eigenvalue weighted by Crippen LogP contribution is -2.18. The molecule has 0 aromatic carbocycles. The van der Waals surface area contributed by atoms with Crippen LogP contribution in [0.15, 0.2) is 11.8 Å². The highest BCUT2D eigenvalue weighted by atomic mass is 16.5. The molecular weight excluding hydrogens is 138 g/mol. The van der Waals surface area contributed by atoms with Gasteiger partial charge >= 0.3 is 0 Å². The molecule has 1 N–H and O–H groups in total. The van der Waals surface area contributed by atoms with E-state index in [0.29, 0.717) is 0 Å². The van der Waals surface area contributed by atoms with E-state index in [0.717, 1.165) is 26.0 Å². The van der Waals surface area contributed by atoms with E-state index in [2.05, 4.69) is 25.2 Å². The molecule has 0 aliphatic heterocycles. The Kier molecular flexibility index (Phi) is 7.26. The third-order valence-corrected chi connectivity index (χ3v) is 1.49. The van der Waals surface area contributed by atoms with E-state index < -0.39 is 0 Å². The van der Waals surface area contributed by atoms with Gasteiger partial charge in [-0.3, -0.25) is 0 Å². The monoisotopic (exact) mass is 157 g/mol. The first kappa shape index (κ1) is 10.5. The predicted octanol–water partition coefficient (Wildman–Crippen LogP) is 1.93. The lowest BCUT2D eigenvalue weighted by Gasteiger charge is -2.07. The van der Waals surface area contributed by atoms with Gasteiger partial charge in [-0.25, -0.2) is 0 Å². The summed E-state index contributed by atoms with van der Waals surface area (Å²) in [7, 11) is 1.72. The van der Waals surface area contributed by atoms with Crippen LogP contribution in [0, 0.1) is 0 Å². The lowest BCUT2D eigenvalue weighted by atomic mass is 10.3. The molecule has 0 amide bonds. The first-order valence-electron chi connectivity index (χ1n) is 4.27. The first-order valence-corrected chi connectivity index (χ1v) is 4.27. The Bertz CT molecular complexity index is 110. The van der Waals surface area contributed by atoms with Crippen molar-refractivity contribution in [1.29, 1.82) is 0 Å². The van der Waals surface area contributed by atoms with Crippen molar-refractivity contribution in [2.24, 2.45) is 0 Å². The number of ether oxygens (including phenoxy) is 1. The van der Waals surface area contributed by atoms with Crippen LogP contribution in [-0.2, 0) is 4.74 Å². The topological polar surface area (TPSA) is 21.3 Å². The molecule has 0 fully saturated rings. The van der Waals surface area contributed by atoms with Gasteiger partial charge in [0.05, 0.1) is 6.61 Å². The van der Waals surface area contributed by atoms with E-state index in [4.69, 9.17) is 4.74 Å².